The number of methoxy groups -OCH3 is 1. The summed E-state index contributed by atoms with van der Waals surface area (Å²) in [5.74, 6) is 0.903. The average molecular weight is 362 g/mol. The first-order chi connectivity index (χ1) is 12.6. The molecular formula is C20H35N5O. The van der Waals surface area contributed by atoms with Crippen LogP contribution in [0.2, 0.25) is 0 Å². The van der Waals surface area contributed by atoms with Gasteiger partial charge in [-0.2, -0.15) is 0 Å². The summed E-state index contributed by atoms with van der Waals surface area (Å²) in [6.45, 7) is 7.96. The van der Waals surface area contributed by atoms with Crippen LogP contribution in [0.4, 0.5) is 5.69 Å². The van der Waals surface area contributed by atoms with Gasteiger partial charge in [-0.3, -0.25) is 4.99 Å². The average Bonchev–Trinajstić information content (AvgIpc) is 3.11. The third-order valence-corrected chi connectivity index (χ3v) is 4.84. The summed E-state index contributed by atoms with van der Waals surface area (Å²) in [5.41, 5.74) is 2.61. The molecule has 2 N–H and O–H groups in total. The number of ether oxygens (including phenoxy) is 1. The summed E-state index contributed by atoms with van der Waals surface area (Å²) in [5, 5.41) is 7.00. The van der Waals surface area contributed by atoms with Gasteiger partial charge in [0.05, 0.1) is 6.61 Å². The van der Waals surface area contributed by atoms with Crippen molar-refractivity contribution < 1.29 is 4.74 Å². The Morgan fingerprint density at radius 3 is 2.77 bits per heavy atom. The van der Waals surface area contributed by atoms with E-state index < -0.39 is 0 Å². The number of benzene rings is 1. The van der Waals surface area contributed by atoms with Gasteiger partial charge >= 0.3 is 0 Å². The second-order valence-corrected chi connectivity index (χ2v) is 7.06. The van der Waals surface area contributed by atoms with Crippen molar-refractivity contribution in [3.05, 3.63) is 29.8 Å². The van der Waals surface area contributed by atoms with Crippen molar-refractivity contribution in [3.63, 3.8) is 0 Å². The van der Waals surface area contributed by atoms with Crippen molar-refractivity contribution in [3.8, 4) is 0 Å². The SMILES string of the molecule is CN=C(NCCCN(C)CCOC)NC1CCN(c2ccc(C)cc2)C1. The molecule has 6 nitrogen and oxygen atoms in total. The summed E-state index contributed by atoms with van der Waals surface area (Å²) in [4.78, 5) is 9.10. The second kappa shape index (κ2) is 11.0. The van der Waals surface area contributed by atoms with Gasteiger partial charge in [-0.15, -0.1) is 0 Å². The monoisotopic (exact) mass is 361 g/mol. The van der Waals surface area contributed by atoms with Crippen LogP contribution in [0.5, 0.6) is 0 Å². The molecule has 0 saturated carbocycles. The zero-order valence-electron chi connectivity index (χ0n) is 16.8. The van der Waals surface area contributed by atoms with E-state index in [0.717, 1.165) is 58.1 Å². The molecule has 1 saturated heterocycles. The van der Waals surface area contributed by atoms with Gasteiger partial charge in [-0.25, -0.2) is 0 Å². The Morgan fingerprint density at radius 1 is 1.31 bits per heavy atom. The molecule has 2 rings (SSSR count). The second-order valence-electron chi connectivity index (χ2n) is 7.06. The van der Waals surface area contributed by atoms with Crippen LogP contribution in [-0.2, 0) is 4.74 Å². The Hall–Kier alpha value is -1.79. The maximum absolute atomic E-state index is 5.10. The lowest BCUT2D eigenvalue weighted by molar-refractivity contribution is 0.161. The van der Waals surface area contributed by atoms with E-state index >= 15 is 0 Å². The predicted octanol–water partition coefficient (Wildman–Crippen LogP) is 1.71. The highest BCUT2D eigenvalue weighted by atomic mass is 16.5. The van der Waals surface area contributed by atoms with Crippen molar-refractivity contribution in [1.82, 2.24) is 15.5 Å². The van der Waals surface area contributed by atoms with Crippen molar-refractivity contribution in [2.24, 2.45) is 4.99 Å². The van der Waals surface area contributed by atoms with E-state index in [2.05, 4.69) is 63.7 Å². The third kappa shape index (κ3) is 6.84. The van der Waals surface area contributed by atoms with Gasteiger partial charge in [-0.1, -0.05) is 17.7 Å². The molecule has 0 spiro atoms. The number of nitrogens with zero attached hydrogens (tertiary/aromatic N) is 3. The first-order valence-electron chi connectivity index (χ1n) is 9.58. The zero-order chi connectivity index (χ0) is 18.8. The number of hydrogen-bond acceptors (Lipinski definition) is 4. The van der Waals surface area contributed by atoms with E-state index in [1.165, 1.54) is 11.3 Å². The molecule has 26 heavy (non-hydrogen) atoms. The van der Waals surface area contributed by atoms with E-state index in [0.29, 0.717) is 6.04 Å². The predicted molar refractivity (Wildman–Crippen MR) is 110 cm³/mol. The van der Waals surface area contributed by atoms with Gasteiger partial charge in [0.15, 0.2) is 5.96 Å². The van der Waals surface area contributed by atoms with Crippen LogP contribution < -0.4 is 15.5 Å². The Balaban J connectivity index is 1.67. The smallest absolute Gasteiger partial charge is 0.191 e. The van der Waals surface area contributed by atoms with Crippen LogP contribution in [0, 0.1) is 6.92 Å². The normalized spacial score (nSPS) is 17.8. The fraction of sp³-hybridized carbons (Fsp3) is 0.650. The van der Waals surface area contributed by atoms with E-state index in [4.69, 9.17) is 4.74 Å². The maximum Gasteiger partial charge on any atom is 0.191 e. The minimum atomic E-state index is 0.437. The molecule has 6 heteroatoms. The first-order valence-corrected chi connectivity index (χ1v) is 9.58. The zero-order valence-corrected chi connectivity index (χ0v) is 16.8. The largest absolute Gasteiger partial charge is 0.383 e. The fourth-order valence-corrected chi connectivity index (χ4v) is 3.17. The Labute approximate surface area is 158 Å². The van der Waals surface area contributed by atoms with Crippen LogP contribution in [0.1, 0.15) is 18.4 Å². The van der Waals surface area contributed by atoms with Crippen molar-refractivity contribution in [2.45, 2.75) is 25.8 Å². The van der Waals surface area contributed by atoms with Crippen LogP contribution >= 0.6 is 0 Å². The lowest BCUT2D eigenvalue weighted by Gasteiger charge is -2.21. The van der Waals surface area contributed by atoms with Gasteiger partial charge < -0.3 is 25.2 Å². The van der Waals surface area contributed by atoms with E-state index in [1.54, 1.807) is 7.11 Å². The molecule has 0 bridgehead atoms. The Bertz CT molecular complexity index is 546. The number of aryl methyl sites for hydroxylation is 1. The number of likely N-dealkylation sites (N-methyl/N-ethyl adjacent to an activating group) is 1. The van der Waals surface area contributed by atoms with Crippen LogP contribution in [-0.4, -0.2) is 77.4 Å². The van der Waals surface area contributed by atoms with Gasteiger partial charge in [0.1, 0.15) is 0 Å². The van der Waals surface area contributed by atoms with Gasteiger partial charge in [0, 0.05) is 52.1 Å². The van der Waals surface area contributed by atoms with E-state index in [1.807, 2.05) is 7.05 Å². The van der Waals surface area contributed by atoms with E-state index in [-0.39, 0.29) is 0 Å². The highest BCUT2D eigenvalue weighted by Gasteiger charge is 2.23. The standard InChI is InChI=1S/C20H35N5O/c1-17-6-8-19(9-7-17)25-13-10-18(16-25)23-20(21-2)22-11-5-12-24(3)14-15-26-4/h6-9,18H,5,10-16H2,1-4H3,(H2,21,22,23). The van der Waals surface area contributed by atoms with Gasteiger partial charge in [-0.05, 0) is 45.5 Å². The molecule has 1 aromatic carbocycles. The molecule has 1 aromatic rings. The molecular weight excluding hydrogens is 326 g/mol. The number of guanidine groups is 1. The summed E-state index contributed by atoms with van der Waals surface area (Å²) >= 11 is 0. The number of rotatable bonds is 9. The highest BCUT2D eigenvalue weighted by molar-refractivity contribution is 5.80. The minimum absolute atomic E-state index is 0.437. The number of aliphatic imine (C=N–C) groups is 1. The molecule has 1 aliphatic heterocycles. The van der Waals surface area contributed by atoms with Crippen LogP contribution in [0.15, 0.2) is 29.3 Å². The lowest BCUT2D eigenvalue weighted by Crippen LogP contribution is -2.45. The molecule has 1 unspecified atom stereocenters. The topological polar surface area (TPSA) is 52.1 Å². The fourth-order valence-electron chi connectivity index (χ4n) is 3.17. The quantitative estimate of drug-likeness (QED) is 0.398. The Morgan fingerprint density at radius 2 is 2.08 bits per heavy atom. The molecule has 1 fully saturated rings. The third-order valence-electron chi connectivity index (χ3n) is 4.84. The highest BCUT2D eigenvalue weighted by Crippen LogP contribution is 2.20. The molecule has 0 radical (unpaired) electrons. The van der Waals surface area contributed by atoms with Gasteiger partial charge in [0.2, 0.25) is 0 Å². The molecule has 1 aliphatic rings. The summed E-state index contributed by atoms with van der Waals surface area (Å²) in [6.07, 6.45) is 2.22. The van der Waals surface area contributed by atoms with E-state index in [9.17, 15) is 0 Å². The molecule has 146 valence electrons. The van der Waals surface area contributed by atoms with Crippen molar-refractivity contribution in [2.75, 3.05) is 65.4 Å². The number of hydrogen-bond donors (Lipinski definition) is 2. The molecule has 0 aliphatic carbocycles. The maximum atomic E-state index is 5.10. The first kappa shape index (κ1) is 20.5. The number of anilines is 1. The molecule has 0 aromatic heterocycles. The van der Waals surface area contributed by atoms with Gasteiger partial charge in [0.25, 0.3) is 0 Å². The molecule has 0 amide bonds. The van der Waals surface area contributed by atoms with Crippen molar-refractivity contribution >= 4 is 11.6 Å². The summed E-state index contributed by atoms with van der Waals surface area (Å²) in [6, 6.07) is 9.22. The Kier molecular flexibility index (Phi) is 8.71. The number of nitrogens with one attached hydrogen (secondary N) is 2. The molecule has 1 heterocycles. The summed E-state index contributed by atoms with van der Waals surface area (Å²) in [7, 11) is 5.71. The van der Waals surface area contributed by atoms with Crippen LogP contribution in [0.25, 0.3) is 0 Å². The molecule has 1 atom stereocenters. The summed E-state index contributed by atoms with van der Waals surface area (Å²) < 4.78 is 5.10. The van der Waals surface area contributed by atoms with Crippen LogP contribution in [0.3, 0.4) is 0 Å². The van der Waals surface area contributed by atoms with Crippen molar-refractivity contribution in [1.29, 1.82) is 0 Å². The minimum Gasteiger partial charge on any atom is -0.383 e. The lowest BCUT2D eigenvalue weighted by atomic mass is 10.2.